The van der Waals surface area contributed by atoms with Crippen molar-refractivity contribution in [2.24, 2.45) is 0 Å². The molecule has 1 fully saturated rings. The molecule has 3 heterocycles. The molecule has 0 spiro atoms. The molecule has 0 aromatic carbocycles. The van der Waals surface area contributed by atoms with Gasteiger partial charge >= 0.3 is 0 Å². The van der Waals surface area contributed by atoms with E-state index in [2.05, 4.69) is 15.0 Å². The third-order valence-electron chi connectivity index (χ3n) is 3.51. The highest BCUT2D eigenvalue weighted by Crippen LogP contribution is 2.24. The fraction of sp³-hybridized carbons (Fsp3) is 0.357. The van der Waals surface area contributed by atoms with Crippen molar-refractivity contribution in [3.8, 4) is 0 Å². The van der Waals surface area contributed by atoms with Gasteiger partial charge in [-0.05, 0) is 19.1 Å². The molecule has 0 bridgehead atoms. The quantitative estimate of drug-likeness (QED) is 0.860. The summed E-state index contributed by atoms with van der Waals surface area (Å²) >= 11 is 0. The Morgan fingerprint density at radius 1 is 1.43 bits per heavy atom. The molecule has 1 aliphatic heterocycles. The lowest BCUT2D eigenvalue weighted by atomic mass is 10.2. The van der Waals surface area contributed by atoms with Crippen molar-refractivity contribution in [1.29, 1.82) is 0 Å². The summed E-state index contributed by atoms with van der Waals surface area (Å²) in [5.41, 5.74) is 0.140. The molecule has 8 nitrogen and oxygen atoms in total. The largest absolute Gasteiger partial charge is 0.369 e. The molecular formula is C14H16N4O4S. The van der Waals surface area contributed by atoms with Gasteiger partial charge in [-0.3, -0.25) is 9.78 Å². The molecule has 23 heavy (non-hydrogen) atoms. The normalized spacial score (nSPS) is 19.6. The monoisotopic (exact) mass is 336 g/mol. The average Bonchev–Trinajstić information content (AvgIpc) is 2.55. The maximum atomic E-state index is 12.6. The molecule has 2 aromatic rings. The number of H-pyrrole nitrogens is 1. The van der Waals surface area contributed by atoms with E-state index < -0.39 is 16.1 Å². The van der Waals surface area contributed by atoms with Crippen LogP contribution >= 0.6 is 0 Å². The Morgan fingerprint density at radius 3 is 2.96 bits per heavy atom. The third-order valence-corrected chi connectivity index (χ3v) is 5.36. The van der Waals surface area contributed by atoms with E-state index >= 15 is 0 Å². The number of morpholine rings is 1. The fourth-order valence-corrected chi connectivity index (χ4v) is 3.83. The Hall–Kier alpha value is -2.10. The lowest BCUT2D eigenvalue weighted by molar-refractivity contribution is -0.00516. The number of ether oxygens (including phenoxy) is 1. The highest BCUT2D eigenvalue weighted by molar-refractivity contribution is 7.89. The summed E-state index contributed by atoms with van der Waals surface area (Å²) in [4.78, 5) is 22.3. The second-order valence-corrected chi connectivity index (χ2v) is 7.10. The van der Waals surface area contributed by atoms with Gasteiger partial charge in [0.15, 0.2) is 0 Å². The molecule has 0 radical (unpaired) electrons. The predicted octanol–water partition coefficient (Wildman–Crippen LogP) is 0.236. The van der Waals surface area contributed by atoms with Gasteiger partial charge in [-0.2, -0.15) is 4.31 Å². The highest BCUT2D eigenvalue weighted by Gasteiger charge is 2.32. The van der Waals surface area contributed by atoms with Gasteiger partial charge in [0, 0.05) is 31.5 Å². The van der Waals surface area contributed by atoms with Gasteiger partial charge in [-0.15, -0.1) is 0 Å². The number of aryl methyl sites for hydroxylation is 1. The molecule has 1 atom stereocenters. The van der Waals surface area contributed by atoms with Crippen LogP contribution < -0.4 is 5.56 Å². The van der Waals surface area contributed by atoms with E-state index in [-0.39, 0.29) is 30.2 Å². The van der Waals surface area contributed by atoms with Crippen molar-refractivity contribution < 1.29 is 13.2 Å². The zero-order valence-corrected chi connectivity index (χ0v) is 13.3. The Labute approximate surface area is 133 Å². The van der Waals surface area contributed by atoms with Crippen molar-refractivity contribution in [3.05, 3.63) is 52.5 Å². The first-order valence-electron chi connectivity index (χ1n) is 7.06. The minimum atomic E-state index is -3.65. The van der Waals surface area contributed by atoms with Crippen LogP contribution in [0.25, 0.3) is 0 Å². The van der Waals surface area contributed by atoms with Crippen LogP contribution in [0, 0.1) is 6.92 Å². The van der Waals surface area contributed by atoms with Gasteiger partial charge in [0.1, 0.15) is 16.8 Å². The lowest BCUT2D eigenvalue weighted by Gasteiger charge is -2.31. The van der Waals surface area contributed by atoms with Gasteiger partial charge in [-0.1, -0.05) is 0 Å². The maximum absolute atomic E-state index is 12.6. The molecule has 0 saturated carbocycles. The molecule has 0 unspecified atom stereocenters. The van der Waals surface area contributed by atoms with Crippen LogP contribution in [0.15, 0.2) is 40.3 Å². The number of sulfonamides is 1. The predicted molar refractivity (Wildman–Crippen MR) is 81.3 cm³/mol. The molecule has 0 aliphatic carbocycles. The second-order valence-electron chi connectivity index (χ2n) is 5.17. The first-order chi connectivity index (χ1) is 11.0. The summed E-state index contributed by atoms with van der Waals surface area (Å²) in [6.45, 7) is 2.25. The fourth-order valence-electron chi connectivity index (χ4n) is 2.44. The van der Waals surface area contributed by atoms with Crippen molar-refractivity contribution in [2.75, 3.05) is 19.7 Å². The molecule has 9 heteroatoms. The average molecular weight is 336 g/mol. The Morgan fingerprint density at radius 2 is 2.26 bits per heavy atom. The smallest absolute Gasteiger partial charge is 0.251 e. The minimum absolute atomic E-state index is 0.104. The zero-order chi connectivity index (χ0) is 16.4. The van der Waals surface area contributed by atoms with Gasteiger partial charge in [0.2, 0.25) is 10.0 Å². The van der Waals surface area contributed by atoms with E-state index in [0.29, 0.717) is 11.5 Å². The maximum Gasteiger partial charge on any atom is 0.251 e. The van der Waals surface area contributed by atoms with Gasteiger partial charge in [-0.25, -0.2) is 13.4 Å². The second kappa shape index (κ2) is 6.19. The van der Waals surface area contributed by atoms with E-state index in [4.69, 9.17) is 4.74 Å². The SMILES string of the molecule is Cc1nc([C@H]2CN(S(=O)(=O)c3cccnc3)CCO2)cc(=O)[nH]1. The van der Waals surface area contributed by atoms with Gasteiger partial charge in [0.25, 0.3) is 5.56 Å². The zero-order valence-electron chi connectivity index (χ0n) is 12.5. The summed E-state index contributed by atoms with van der Waals surface area (Å²) in [5, 5.41) is 0. The van der Waals surface area contributed by atoms with Crippen LogP contribution in [-0.2, 0) is 14.8 Å². The number of nitrogens with one attached hydrogen (secondary N) is 1. The number of hydrogen-bond donors (Lipinski definition) is 1. The molecule has 2 aromatic heterocycles. The van der Waals surface area contributed by atoms with E-state index in [1.807, 2.05) is 0 Å². The molecule has 122 valence electrons. The van der Waals surface area contributed by atoms with Crippen LogP contribution in [0.5, 0.6) is 0 Å². The van der Waals surface area contributed by atoms with Crippen LogP contribution in [0.1, 0.15) is 17.6 Å². The Balaban J connectivity index is 1.88. The Kier molecular flexibility index (Phi) is 4.24. The third kappa shape index (κ3) is 3.31. The summed E-state index contributed by atoms with van der Waals surface area (Å²) in [6.07, 6.45) is 2.26. The van der Waals surface area contributed by atoms with Crippen LogP contribution in [0.3, 0.4) is 0 Å². The standard InChI is InChI=1S/C14H16N4O4S/c1-10-16-12(7-14(19)17-10)13-9-18(5-6-22-13)23(20,21)11-3-2-4-15-8-11/h2-4,7-8,13H,5-6,9H2,1H3,(H,16,17,19)/t13-/m1/s1. The summed E-state index contributed by atoms with van der Waals surface area (Å²) in [7, 11) is -3.65. The van der Waals surface area contributed by atoms with Crippen molar-refractivity contribution in [1.82, 2.24) is 19.3 Å². The van der Waals surface area contributed by atoms with Crippen molar-refractivity contribution >= 4 is 10.0 Å². The molecule has 3 rings (SSSR count). The summed E-state index contributed by atoms with van der Waals surface area (Å²) in [5.74, 6) is 0.461. The van der Waals surface area contributed by atoms with Crippen molar-refractivity contribution in [3.63, 3.8) is 0 Å². The lowest BCUT2D eigenvalue weighted by Crippen LogP contribution is -2.42. The van der Waals surface area contributed by atoms with E-state index in [1.54, 1.807) is 13.0 Å². The number of nitrogens with zero attached hydrogens (tertiary/aromatic N) is 3. The molecule has 1 N–H and O–H groups in total. The molecule has 1 aliphatic rings. The van der Waals surface area contributed by atoms with E-state index in [9.17, 15) is 13.2 Å². The van der Waals surface area contributed by atoms with Gasteiger partial charge < -0.3 is 9.72 Å². The molecule has 1 saturated heterocycles. The highest BCUT2D eigenvalue weighted by atomic mass is 32.2. The van der Waals surface area contributed by atoms with Crippen molar-refractivity contribution in [2.45, 2.75) is 17.9 Å². The number of aromatic nitrogens is 3. The van der Waals surface area contributed by atoms with E-state index in [1.165, 1.54) is 28.8 Å². The van der Waals surface area contributed by atoms with E-state index in [0.717, 1.165) is 0 Å². The first kappa shape index (κ1) is 15.8. The summed E-state index contributed by atoms with van der Waals surface area (Å²) < 4.78 is 32.2. The van der Waals surface area contributed by atoms with Crippen LogP contribution in [0.4, 0.5) is 0 Å². The first-order valence-corrected chi connectivity index (χ1v) is 8.50. The number of pyridine rings is 1. The number of hydrogen-bond acceptors (Lipinski definition) is 6. The summed E-state index contributed by atoms with van der Waals surface area (Å²) in [6, 6.07) is 4.41. The Bertz CT molecular complexity index is 851. The van der Waals surface area contributed by atoms with Crippen LogP contribution in [0.2, 0.25) is 0 Å². The minimum Gasteiger partial charge on any atom is -0.369 e. The number of aromatic amines is 1. The topological polar surface area (TPSA) is 105 Å². The number of rotatable bonds is 3. The van der Waals surface area contributed by atoms with Gasteiger partial charge in [0.05, 0.1) is 12.3 Å². The van der Waals surface area contributed by atoms with Crippen LogP contribution in [-0.4, -0.2) is 47.4 Å². The molecular weight excluding hydrogens is 320 g/mol. The molecule has 0 amide bonds.